The number of rotatable bonds is 39. The van der Waals surface area contributed by atoms with Crippen LogP contribution in [-0.2, 0) is 14.3 Å². The number of hydrogen-bond donors (Lipinski definition) is 8. The molecule has 1 fully saturated rings. The minimum absolute atomic E-state index is 0.258. The molecule has 0 radical (unpaired) electrons. The Morgan fingerprint density at radius 2 is 1.04 bits per heavy atom. The molecule has 0 aliphatic carbocycles. The molecule has 1 aliphatic rings. The van der Waals surface area contributed by atoms with Gasteiger partial charge in [0.25, 0.3) is 0 Å². The van der Waals surface area contributed by atoms with E-state index in [1.807, 2.05) is 0 Å². The molecule has 0 spiro atoms. The number of carbonyl (C=O) groups is 1. The molecule has 11 nitrogen and oxygen atoms in total. The molecule has 0 aromatic carbocycles. The van der Waals surface area contributed by atoms with Gasteiger partial charge >= 0.3 is 0 Å². The lowest BCUT2D eigenvalue weighted by Gasteiger charge is -2.40. The zero-order chi connectivity index (χ0) is 41.9. The van der Waals surface area contributed by atoms with E-state index in [1.165, 1.54) is 128 Å². The molecule has 0 bridgehead atoms. The first-order chi connectivity index (χ1) is 27.7. The van der Waals surface area contributed by atoms with Gasteiger partial charge < -0.3 is 50.5 Å². The maximum absolute atomic E-state index is 13.1. The molecule has 1 amide bonds. The average Bonchev–Trinajstić information content (AvgIpc) is 3.21. The highest BCUT2D eigenvalue weighted by molar-refractivity contribution is 5.80. The minimum Gasteiger partial charge on any atom is -0.394 e. The Labute approximate surface area is 347 Å². The van der Waals surface area contributed by atoms with E-state index in [0.717, 1.165) is 38.5 Å². The molecular weight excluding hydrogens is 727 g/mol. The van der Waals surface area contributed by atoms with Crippen LogP contribution in [0.4, 0.5) is 0 Å². The Bertz CT molecular complexity index is 939. The molecule has 0 saturated carbocycles. The number of carbonyl (C=O) groups excluding carboxylic acids is 1. The van der Waals surface area contributed by atoms with Crippen LogP contribution in [0.2, 0.25) is 0 Å². The quantitative estimate of drug-likeness (QED) is 0.0226. The smallest absolute Gasteiger partial charge is 0.249 e. The molecule has 1 rings (SSSR count). The summed E-state index contributed by atoms with van der Waals surface area (Å²) in [6.45, 7) is 3.43. The van der Waals surface area contributed by atoms with Crippen molar-refractivity contribution in [2.45, 2.75) is 262 Å². The number of ether oxygens (including phenoxy) is 2. The standard InChI is InChI=1S/C46H89NO10/c1-3-5-7-9-11-13-15-17-19-21-23-25-27-29-31-33-38(49)41(51)37(36-56-46-44(54)43(53)42(52)40(35-48)57-46)47-45(55)39(50)34-32-30-28-26-24-22-20-18-16-14-12-10-8-6-4-2/h25,27,37-44,46,48-54H,3-24,26,28-36H2,1-2H3,(H,47,55)/b27-25+. The Morgan fingerprint density at radius 3 is 1.51 bits per heavy atom. The van der Waals surface area contributed by atoms with Gasteiger partial charge in [0.15, 0.2) is 6.29 Å². The van der Waals surface area contributed by atoms with Crippen molar-refractivity contribution in [2.24, 2.45) is 0 Å². The van der Waals surface area contributed by atoms with E-state index in [2.05, 4.69) is 31.3 Å². The number of hydrogen-bond acceptors (Lipinski definition) is 10. The van der Waals surface area contributed by atoms with Crippen molar-refractivity contribution < 1.29 is 50.0 Å². The third-order valence-corrected chi connectivity index (χ3v) is 11.6. The summed E-state index contributed by atoms with van der Waals surface area (Å²) in [6, 6.07) is -1.18. The Morgan fingerprint density at radius 1 is 0.596 bits per heavy atom. The lowest BCUT2D eigenvalue weighted by atomic mass is 9.98. The van der Waals surface area contributed by atoms with Crippen molar-refractivity contribution in [3.05, 3.63) is 12.2 Å². The minimum atomic E-state index is -1.66. The first kappa shape index (κ1) is 53.9. The summed E-state index contributed by atoms with van der Waals surface area (Å²) in [5.41, 5.74) is 0. The average molecular weight is 816 g/mol. The Kier molecular flexibility index (Phi) is 34.7. The van der Waals surface area contributed by atoms with Crippen LogP contribution in [0.1, 0.15) is 206 Å². The predicted octanol–water partition coefficient (Wildman–Crippen LogP) is 7.67. The molecule has 57 heavy (non-hydrogen) atoms. The van der Waals surface area contributed by atoms with Gasteiger partial charge in [-0.25, -0.2) is 0 Å². The van der Waals surface area contributed by atoms with Gasteiger partial charge in [0.2, 0.25) is 5.91 Å². The fraction of sp³-hybridized carbons (Fsp3) is 0.935. The van der Waals surface area contributed by atoms with Gasteiger partial charge in [0, 0.05) is 0 Å². The molecule has 1 aliphatic heterocycles. The number of aliphatic hydroxyl groups excluding tert-OH is 7. The van der Waals surface area contributed by atoms with Gasteiger partial charge in [-0.05, 0) is 38.5 Å². The van der Waals surface area contributed by atoms with Crippen LogP contribution < -0.4 is 5.32 Å². The second-order valence-corrected chi connectivity index (χ2v) is 16.8. The maximum atomic E-state index is 13.1. The van der Waals surface area contributed by atoms with E-state index in [1.54, 1.807) is 0 Å². The van der Waals surface area contributed by atoms with E-state index in [9.17, 15) is 40.5 Å². The zero-order valence-corrected chi connectivity index (χ0v) is 36.3. The topological polar surface area (TPSA) is 189 Å². The van der Waals surface area contributed by atoms with Crippen molar-refractivity contribution in [2.75, 3.05) is 13.2 Å². The number of amides is 1. The molecule has 8 N–H and O–H groups in total. The first-order valence-electron chi connectivity index (χ1n) is 23.6. The molecule has 9 unspecified atom stereocenters. The van der Waals surface area contributed by atoms with Crippen LogP contribution in [0.5, 0.6) is 0 Å². The molecule has 11 heteroatoms. The zero-order valence-electron chi connectivity index (χ0n) is 36.3. The molecular formula is C46H89NO10. The SMILES string of the molecule is CCCCCCCCCCCC/C=C/CCCC(O)C(O)C(COC1OC(CO)C(O)C(O)C1O)NC(=O)C(O)CCCCCCCCCCCCCCCCC. The summed E-state index contributed by atoms with van der Waals surface area (Å²) in [5.74, 6) is -0.705. The third kappa shape index (κ3) is 26.6. The summed E-state index contributed by atoms with van der Waals surface area (Å²) in [7, 11) is 0. The van der Waals surface area contributed by atoms with Crippen LogP contribution in [0, 0.1) is 0 Å². The van der Waals surface area contributed by atoms with Gasteiger partial charge in [-0.15, -0.1) is 0 Å². The van der Waals surface area contributed by atoms with Crippen LogP contribution in [0.25, 0.3) is 0 Å². The summed E-state index contributed by atoms with van der Waals surface area (Å²) in [6.07, 6.45) is 26.9. The van der Waals surface area contributed by atoms with Crippen molar-refractivity contribution in [3.8, 4) is 0 Å². The first-order valence-corrected chi connectivity index (χ1v) is 23.6. The van der Waals surface area contributed by atoms with Gasteiger partial charge in [-0.2, -0.15) is 0 Å². The van der Waals surface area contributed by atoms with Crippen molar-refractivity contribution in [3.63, 3.8) is 0 Å². The van der Waals surface area contributed by atoms with E-state index < -0.39 is 74.2 Å². The largest absolute Gasteiger partial charge is 0.394 e. The Hall–Kier alpha value is -1.15. The van der Waals surface area contributed by atoms with E-state index in [4.69, 9.17) is 9.47 Å². The fourth-order valence-corrected chi connectivity index (χ4v) is 7.62. The number of nitrogens with one attached hydrogen (secondary N) is 1. The van der Waals surface area contributed by atoms with Crippen LogP contribution in [0.3, 0.4) is 0 Å². The van der Waals surface area contributed by atoms with Gasteiger partial charge in [0.05, 0.1) is 25.4 Å². The van der Waals surface area contributed by atoms with Gasteiger partial charge in [-0.1, -0.05) is 180 Å². The lowest BCUT2D eigenvalue weighted by Crippen LogP contribution is -2.60. The summed E-state index contributed by atoms with van der Waals surface area (Å²) >= 11 is 0. The molecule has 0 aromatic rings. The van der Waals surface area contributed by atoms with Gasteiger partial charge in [-0.3, -0.25) is 4.79 Å². The van der Waals surface area contributed by atoms with Crippen molar-refractivity contribution in [1.29, 1.82) is 0 Å². The summed E-state index contributed by atoms with van der Waals surface area (Å²) in [5, 5.41) is 75.6. The van der Waals surface area contributed by atoms with E-state index in [-0.39, 0.29) is 12.8 Å². The second kappa shape index (κ2) is 36.7. The van der Waals surface area contributed by atoms with Crippen molar-refractivity contribution in [1.82, 2.24) is 5.32 Å². The summed E-state index contributed by atoms with van der Waals surface area (Å²) < 4.78 is 11.1. The lowest BCUT2D eigenvalue weighted by molar-refractivity contribution is -0.303. The second-order valence-electron chi connectivity index (χ2n) is 16.8. The number of aliphatic hydroxyl groups is 7. The summed E-state index contributed by atoms with van der Waals surface area (Å²) in [4.78, 5) is 13.1. The normalized spacial score (nSPS) is 22.2. The van der Waals surface area contributed by atoms with Crippen LogP contribution in [-0.4, -0.2) is 110 Å². The fourth-order valence-electron chi connectivity index (χ4n) is 7.62. The monoisotopic (exact) mass is 816 g/mol. The van der Waals surface area contributed by atoms with Gasteiger partial charge in [0.1, 0.15) is 36.6 Å². The highest BCUT2D eigenvalue weighted by atomic mass is 16.7. The van der Waals surface area contributed by atoms with Crippen LogP contribution >= 0.6 is 0 Å². The number of allylic oxidation sites excluding steroid dienone is 2. The molecule has 1 heterocycles. The van der Waals surface area contributed by atoms with E-state index in [0.29, 0.717) is 12.8 Å². The van der Waals surface area contributed by atoms with E-state index >= 15 is 0 Å². The highest BCUT2D eigenvalue weighted by Gasteiger charge is 2.44. The maximum Gasteiger partial charge on any atom is 0.249 e. The number of unbranched alkanes of at least 4 members (excludes halogenated alkanes) is 25. The molecule has 338 valence electrons. The van der Waals surface area contributed by atoms with Crippen LogP contribution in [0.15, 0.2) is 12.2 Å². The predicted molar refractivity (Wildman–Crippen MR) is 229 cm³/mol. The van der Waals surface area contributed by atoms with Crippen molar-refractivity contribution >= 4 is 5.91 Å². The Balaban J connectivity index is 2.47. The molecule has 9 atom stereocenters. The molecule has 0 aromatic heterocycles. The molecule has 1 saturated heterocycles. The highest BCUT2D eigenvalue weighted by Crippen LogP contribution is 2.23. The third-order valence-electron chi connectivity index (χ3n) is 11.6.